The lowest BCUT2D eigenvalue weighted by molar-refractivity contribution is 0.0923. The Labute approximate surface area is 238 Å². The van der Waals surface area contributed by atoms with E-state index < -0.39 is 5.91 Å². The quantitative estimate of drug-likeness (QED) is 0.160. The van der Waals surface area contributed by atoms with Gasteiger partial charge in [0.2, 0.25) is 0 Å². The van der Waals surface area contributed by atoms with E-state index in [0.29, 0.717) is 16.5 Å². The van der Waals surface area contributed by atoms with Gasteiger partial charge in [-0.05, 0) is 107 Å². The summed E-state index contributed by atoms with van der Waals surface area (Å²) in [4.78, 5) is 12.6. The van der Waals surface area contributed by atoms with Gasteiger partial charge in [0.15, 0.2) is 5.76 Å². The molecule has 0 aliphatic carbocycles. The number of carbonyl (C=O) groups excluding carboxylic acids is 1. The minimum atomic E-state index is -0.441. The second-order valence-corrected chi connectivity index (χ2v) is 10.2. The van der Waals surface area contributed by atoms with Crippen molar-refractivity contribution >= 4 is 23.7 Å². The first-order valence-electron chi connectivity index (χ1n) is 13.0. The standard InChI is InChI=1S/C32H31ClN4O3/c1-20-6-9-26(33)17-30(20)37-23(4)16-25(24(37)5)18-34-35-32(38)31-15-14-29(40-31)19-39-28-12-10-27(11-13-28)36-21(2)7-8-22(36)3/h6-18H,19H2,1-5H3,(H,35,38)/b34-18+. The highest BCUT2D eigenvalue weighted by molar-refractivity contribution is 6.30. The largest absolute Gasteiger partial charge is 0.486 e. The fourth-order valence-corrected chi connectivity index (χ4v) is 4.99. The molecule has 0 saturated heterocycles. The van der Waals surface area contributed by atoms with Crippen molar-refractivity contribution in [2.45, 2.75) is 41.2 Å². The number of amides is 1. The lowest BCUT2D eigenvalue weighted by atomic mass is 10.2. The average molecular weight is 555 g/mol. The molecule has 0 bridgehead atoms. The van der Waals surface area contributed by atoms with Gasteiger partial charge in [0.1, 0.15) is 18.1 Å². The number of hydrazone groups is 1. The van der Waals surface area contributed by atoms with Crippen LogP contribution in [-0.4, -0.2) is 21.3 Å². The molecule has 2 aromatic carbocycles. The van der Waals surface area contributed by atoms with Crippen LogP contribution in [0.1, 0.15) is 50.2 Å². The maximum atomic E-state index is 12.6. The molecule has 8 heteroatoms. The van der Waals surface area contributed by atoms with Gasteiger partial charge >= 0.3 is 5.91 Å². The zero-order valence-corrected chi connectivity index (χ0v) is 23.9. The second-order valence-electron chi connectivity index (χ2n) is 9.79. The van der Waals surface area contributed by atoms with Crippen LogP contribution in [0, 0.1) is 34.6 Å². The van der Waals surface area contributed by atoms with Crippen LogP contribution in [0.3, 0.4) is 0 Å². The predicted molar refractivity (Wildman–Crippen MR) is 158 cm³/mol. The molecule has 3 aromatic heterocycles. The Kier molecular flexibility index (Phi) is 7.67. The Bertz CT molecular complexity index is 1690. The molecule has 1 amide bonds. The molecule has 0 aliphatic heterocycles. The van der Waals surface area contributed by atoms with E-state index >= 15 is 0 Å². The summed E-state index contributed by atoms with van der Waals surface area (Å²) < 4.78 is 15.8. The Morgan fingerprint density at radius 1 is 0.900 bits per heavy atom. The van der Waals surface area contributed by atoms with Crippen molar-refractivity contribution in [3.63, 3.8) is 0 Å². The van der Waals surface area contributed by atoms with Gasteiger partial charge in [-0.2, -0.15) is 5.10 Å². The van der Waals surface area contributed by atoms with E-state index in [9.17, 15) is 4.79 Å². The van der Waals surface area contributed by atoms with E-state index in [1.54, 1.807) is 18.3 Å². The molecule has 0 aliphatic rings. The summed E-state index contributed by atoms with van der Waals surface area (Å²) in [6.45, 7) is 10.4. The third-order valence-electron chi connectivity index (χ3n) is 6.88. The van der Waals surface area contributed by atoms with Crippen LogP contribution in [-0.2, 0) is 6.61 Å². The number of nitrogens with one attached hydrogen (secondary N) is 1. The molecule has 0 atom stereocenters. The topological polar surface area (TPSA) is 73.7 Å². The van der Waals surface area contributed by atoms with Gasteiger partial charge in [-0.1, -0.05) is 17.7 Å². The molecule has 0 saturated carbocycles. The molecule has 0 unspecified atom stereocenters. The number of ether oxygens (including phenoxy) is 1. The molecular weight excluding hydrogens is 524 g/mol. The van der Waals surface area contributed by atoms with Crippen molar-refractivity contribution in [3.8, 4) is 17.1 Å². The maximum absolute atomic E-state index is 12.6. The van der Waals surface area contributed by atoms with Gasteiger partial charge in [0.25, 0.3) is 0 Å². The highest BCUT2D eigenvalue weighted by atomic mass is 35.5. The molecule has 204 valence electrons. The van der Waals surface area contributed by atoms with Gasteiger partial charge < -0.3 is 18.3 Å². The summed E-state index contributed by atoms with van der Waals surface area (Å²) in [6.07, 6.45) is 1.63. The summed E-state index contributed by atoms with van der Waals surface area (Å²) >= 11 is 6.24. The number of rotatable bonds is 8. The van der Waals surface area contributed by atoms with Gasteiger partial charge in [-0.25, -0.2) is 5.43 Å². The molecular formula is C32H31ClN4O3. The molecule has 5 aromatic rings. The van der Waals surface area contributed by atoms with Gasteiger partial charge in [-0.15, -0.1) is 0 Å². The summed E-state index contributed by atoms with van der Waals surface area (Å²) in [6, 6.07) is 23.2. The molecule has 5 rings (SSSR count). The smallest absolute Gasteiger partial charge is 0.307 e. The third-order valence-corrected chi connectivity index (χ3v) is 7.12. The van der Waals surface area contributed by atoms with Crippen molar-refractivity contribution in [1.82, 2.24) is 14.6 Å². The first-order valence-corrected chi connectivity index (χ1v) is 13.3. The zero-order valence-electron chi connectivity index (χ0n) is 23.2. The monoisotopic (exact) mass is 554 g/mol. The Morgan fingerprint density at radius 2 is 1.62 bits per heavy atom. The van der Waals surface area contributed by atoms with E-state index in [0.717, 1.165) is 33.9 Å². The minimum Gasteiger partial charge on any atom is -0.486 e. The number of furan rings is 1. The molecule has 40 heavy (non-hydrogen) atoms. The van der Waals surface area contributed by atoms with Gasteiger partial charge in [-0.3, -0.25) is 4.79 Å². The summed E-state index contributed by atoms with van der Waals surface area (Å²) in [5.41, 5.74) is 11.0. The van der Waals surface area contributed by atoms with Crippen LogP contribution in [0.5, 0.6) is 5.75 Å². The second kappa shape index (κ2) is 11.3. The normalized spacial score (nSPS) is 11.3. The average Bonchev–Trinajstić information content (AvgIpc) is 3.62. The van der Waals surface area contributed by atoms with Crippen LogP contribution < -0.4 is 10.2 Å². The predicted octanol–water partition coefficient (Wildman–Crippen LogP) is 7.40. The van der Waals surface area contributed by atoms with Crippen LogP contribution >= 0.6 is 11.6 Å². The Hall–Kier alpha value is -4.49. The molecule has 0 spiro atoms. The van der Waals surface area contributed by atoms with Crippen LogP contribution in [0.2, 0.25) is 5.02 Å². The lowest BCUT2D eigenvalue weighted by Gasteiger charge is -2.13. The van der Waals surface area contributed by atoms with Crippen molar-refractivity contribution in [2.75, 3.05) is 0 Å². The van der Waals surface area contributed by atoms with Crippen LogP contribution in [0.15, 0.2) is 82.3 Å². The number of carbonyl (C=O) groups is 1. The van der Waals surface area contributed by atoms with Crippen molar-refractivity contribution in [1.29, 1.82) is 0 Å². The number of hydrogen-bond acceptors (Lipinski definition) is 4. The van der Waals surface area contributed by atoms with Gasteiger partial charge in [0, 0.05) is 44.7 Å². The zero-order chi connectivity index (χ0) is 28.4. The summed E-state index contributed by atoms with van der Waals surface area (Å²) in [5.74, 6) is 0.966. The van der Waals surface area contributed by atoms with E-state index in [1.807, 2.05) is 69.3 Å². The van der Waals surface area contributed by atoms with Crippen molar-refractivity contribution in [2.24, 2.45) is 5.10 Å². The molecule has 7 nitrogen and oxygen atoms in total. The van der Waals surface area contributed by atoms with Crippen molar-refractivity contribution in [3.05, 3.63) is 123 Å². The number of aromatic nitrogens is 2. The first-order chi connectivity index (χ1) is 19.2. The third kappa shape index (κ3) is 5.60. The Balaban J connectivity index is 1.19. The lowest BCUT2D eigenvalue weighted by Crippen LogP contribution is -2.16. The minimum absolute atomic E-state index is 0.157. The SMILES string of the molecule is Cc1ccc(Cl)cc1-n1c(C)cc(/C=N/NC(=O)c2ccc(COc3ccc(-n4c(C)ccc4C)cc3)o2)c1C. The first kappa shape index (κ1) is 27.1. The van der Waals surface area contributed by atoms with Crippen molar-refractivity contribution < 1.29 is 13.9 Å². The number of hydrogen-bond donors (Lipinski definition) is 1. The van der Waals surface area contributed by atoms with E-state index in [4.69, 9.17) is 20.8 Å². The van der Waals surface area contributed by atoms with Gasteiger partial charge in [0.05, 0.1) is 6.21 Å². The highest BCUT2D eigenvalue weighted by Crippen LogP contribution is 2.25. The number of nitrogens with zero attached hydrogens (tertiary/aromatic N) is 3. The number of aryl methyl sites for hydroxylation is 4. The molecule has 0 radical (unpaired) electrons. The van der Waals surface area contributed by atoms with E-state index in [-0.39, 0.29) is 12.4 Å². The van der Waals surface area contributed by atoms with Crippen LogP contribution in [0.4, 0.5) is 0 Å². The Morgan fingerprint density at radius 3 is 2.35 bits per heavy atom. The number of benzene rings is 2. The van der Waals surface area contributed by atoms with Crippen LogP contribution in [0.25, 0.3) is 11.4 Å². The van der Waals surface area contributed by atoms with E-state index in [1.165, 1.54) is 11.4 Å². The molecule has 0 fully saturated rings. The maximum Gasteiger partial charge on any atom is 0.307 e. The number of halogens is 1. The molecule has 1 N–H and O–H groups in total. The fourth-order valence-electron chi connectivity index (χ4n) is 4.83. The summed E-state index contributed by atoms with van der Waals surface area (Å²) in [7, 11) is 0. The fraction of sp³-hybridized carbons (Fsp3) is 0.188. The molecule has 3 heterocycles. The van der Waals surface area contributed by atoms with E-state index in [2.05, 4.69) is 45.6 Å². The highest BCUT2D eigenvalue weighted by Gasteiger charge is 2.14. The summed E-state index contributed by atoms with van der Waals surface area (Å²) in [5, 5.41) is 4.83.